The molecule has 22 heavy (non-hydrogen) atoms. The number of ether oxygens (including phenoxy) is 1. The fraction of sp³-hybridized carbons (Fsp3) is 0.533. The molecule has 0 unspecified atom stereocenters. The number of nitriles is 1. The van der Waals surface area contributed by atoms with Gasteiger partial charge in [0.15, 0.2) is 0 Å². The SMILES string of the molecule is C[C@H]1CN(S(=O)(=O)N(C)Cc2cccc(C#N)c2)C[C@H](C)O1. The van der Waals surface area contributed by atoms with Gasteiger partial charge in [0.25, 0.3) is 10.2 Å². The Morgan fingerprint density at radius 1 is 1.36 bits per heavy atom. The number of hydrogen-bond donors (Lipinski definition) is 0. The maximum absolute atomic E-state index is 12.7. The van der Waals surface area contributed by atoms with E-state index in [-0.39, 0.29) is 18.8 Å². The predicted molar refractivity (Wildman–Crippen MR) is 83.1 cm³/mol. The van der Waals surface area contributed by atoms with Crippen LogP contribution in [-0.4, -0.2) is 49.4 Å². The molecule has 1 aromatic rings. The Morgan fingerprint density at radius 3 is 2.59 bits per heavy atom. The predicted octanol–water partition coefficient (Wildman–Crippen LogP) is 1.34. The van der Waals surface area contributed by atoms with Gasteiger partial charge in [-0.15, -0.1) is 0 Å². The number of morpholine rings is 1. The van der Waals surface area contributed by atoms with E-state index in [1.54, 1.807) is 25.2 Å². The van der Waals surface area contributed by atoms with E-state index in [0.717, 1.165) is 5.56 Å². The summed E-state index contributed by atoms with van der Waals surface area (Å²) in [6, 6.07) is 9.04. The highest BCUT2D eigenvalue weighted by Gasteiger charge is 2.33. The van der Waals surface area contributed by atoms with Gasteiger partial charge in [0, 0.05) is 26.7 Å². The highest BCUT2D eigenvalue weighted by molar-refractivity contribution is 7.86. The van der Waals surface area contributed by atoms with Gasteiger partial charge in [-0.2, -0.15) is 22.3 Å². The molecular formula is C15H21N3O3S. The molecule has 0 amide bonds. The zero-order valence-electron chi connectivity index (χ0n) is 13.1. The zero-order chi connectivity index (χ0) is 16.3. The summed E-state index contributed by atoms with van der Waals surface area (Å²) in [7, 11) is -1.99. The number of rotatable bonds is 4. The Bertz CT molecular complexity index is 659. The lowest BCUT2D eigenvalue weighted by molar-refractivity contribution is -0.0453. The Hall–Kier alpha value is -1.46. The molecule has 0 N–H and O–H groups in total. The Kier molecular flexibility index (Phi) is 5.19. The summed E-state index contributed by atoms with van der Waals surface area (Å²) in [6.45, 7) is 4.69. The van der Waals surface area contributed by atoms with Crippen molar-refractivity contribution >= 4 is 10.2 Å². The van der Waals surface area contributed by atoms with Crippen molar-refractivity contribution in [2.24, 2.45) is 0 Å². The van der Waals surface area contributed by atoms with E-state index >= 15 is 0 Å². The Labute approximate surface area is 132 Å². The Balaban J connectivity index is 2.13. The van der Waals surface area contributed by atoms with E-state index in [9.17, 15) is 8.42 Å². The summed E-state index contributed by atoms with van der Waals surface area (Å²) in [5.74, 6) is 0. The summed E-state index contributed by atoms with van der Waals surface area (Å²) < 4.78 is 33.7. The average Bonchev–Trinajstić information content (AvgIpc) is 2.46. The van der Waals surface area contributed by atoms with E-state index < -0.39 is 10.2 Å². The first-order valence-electron chi connectivity index (χ1n) is 7.19. The van der Waals surface area contributed by atoms with Crippen LogP contribution in [0.1, 0.15) is 25.0 Å². The second kappa shape index (κ2) is 6.75. The quantitative estimate of drug-likeness (QED) is 0.838. The third-order valence-electron chi connectivity index (χ3n) is 3.57. The largest absolute Gasteiger partial charge is 0.373 e. The monoisotopic (exact) mass is 323 g/mol. The smallest absolute Gasteiger partial charge is 0.282 e. The third kappa shape index (κ3) is 3.84. The molecule has 0 bridgehead atoms. The highest BCUT2D eigenvalue weighted by atomic mass is 32.2. The average molecular weight is 323 g/mol. The summed E-state index contributed by atoms with van der Waals surface area (Å²) in [6.07, 6.45) is -0.234. The van der Waals surface area contributed by atoms with Gasteiger partial charge in [0.1, 0.15) is 0 Å². The van der Waals surface area contributed by atoms with Crippen LogP contribution in [0.3, 0.4) is 0 Å². The maximum Gasteiger partial charge on any atom is 0.282 e. The molecule has 1 fully saturated rings. The Morgan fingerprint density at radius 2 is 2.00 bits per heavy atom. The molecule has 0 radical (unpaired) electrons. The van der Waals surface area contributed by atoms with Gasteiger partial charge < -0.3 is 4.74 Å². The molecular weight excluding hydrogens is 302 g/mol. The molecule has 1 heterocycles. The second-order valence-electron chi connectivity index (χ2n) is 5.65. The third-order valence-corrected chi connectivity index (χ3v) is 5.44. The topological polar surface area (TPSA) is 73.6 Å². The summed E-state index contributed by atoms with van der Waals surface area (Å²) in [5.41, 5.74) is 1.32. The molecule has 0 saturated carbocycles. The molecule has 7 heteroatoms. The van der Waals surface area contributed by atoms with Crippen LogP contribution in [-0.2, 0) is 21.5 Å². The van der Waals surface area contributed by atoms with E-state index in [2.05, 4.69) is 6.07 Å². The van der Waals surface area contributed by atoms with Crippen LogP contribution >= 0.6 is 0 Å². The molecule has 2 rings (SSSR count). The molecule has 1 aliphatic heterocycles. The van der Waals surface area contributed by atoms with E-state index in [4.69, 9.17) is 10.00 Å². The summed E-state index contributed by atoms with van der Waals surface area (Å²) in [5, 5.41) is 8.91. The lowest BCUT2D eigenvalue weighted by atomic mass is 10.1. The highest BCUT2D eigenvalue weighted by Crippen LogP contribution is 2.18. The van der Waals surface area contributed by atoms with Crippen LogP contribution in [0.2, 0.25) is 0 Å². The van der Waals surface area contributed by atoms with Crippen LogP contribution in [0.15, 0.2) is 24.3 Å². The van der Waals surface area contributed by atoms with E-state index in [0.29, 0.717) is 18.7 Å². The molecule has 1 aromatic carbocycles. The molecule has 0 aliphatic carbocycles. The molecule has 0 spiro atoms. The number of benzene rings is 1. The second-order valence-corrected chi connectivity index (χ2v) is 7.69. The van der Waals surface area contributed by atoms with E-state index in [1.807, 2.05) is 19.9 Å². The normalized spacial score (nSPS) is 23.4. The van der Waals surface area contributed by atoms with Crippen molar-refractivity contribution in [2.75, 3.05) is 20.1 Å². The first-order chi connectivity index (χ1) is 10.3. The van der Waals surface area contributed by atoms with Crippen LogP contribution in [0.4, 0.5) is 0 Å². The van der Waals surface area contributed by atoms with Gasteiger partial charge in [-0.3, -0.25) is 0 Å². The fourth-order valence-electron chi connectivity index (χ4n) is 2.59. The molecule has 6 nitrogen and oxygen atoms in total. The fourth-order valence-corrected chi connectivity index (χ4v) is 4.10. The lowest BCUT2D eigenvalue weighted by Crippen LogP contribution is -2.52. The van der Waals surface area contributed by atoms with Crippen molar-refractivity contribution < 1.29 is 13.2 Å². The maximum atomic E-state index is 12.7. The first kappa shape index (κ1) is 16.9. The molecule has 1 aliphatic rings. The summed E-state index contributed by atoms with van der Waals surface area (Å²) in [4.78, 5) is 0. The number of hydrogen-bond acceptors (Lipinski definition) is 4. The minimum Gasteiger partial charge on any atom is -0.373 e. The zero-order valence-corrected chi connectivity index (χ0v) is 13.9. The van der Waals surface area contributed by atoms with Gasteiger partial charge >= 0.3 is 0 Å². The van der Waals surface area contributed by atoms with Crippen LogP contribution in [0.5, 0.6) is 0 Å². The minimum absolute atomic E-state index is 0.117. The molecule has 2 atom stereocenters. The minimum atomic E-state index is -3.54. The van der Waals surface area contributed by atoms with E-state index in [1.165, 1.54) is 8.61 Å². The van der Waals surface area contributed by atoms with Gasteiger partial charge in [0.2, 0.25) is 0 Å². The van der Waals surface area contributed by atoms with Crippen molar-refractivity contribution in [3.8, 4) is 6.07 Å². The summed E-state index contributed by atoms with van der Waals surface area (Å²) >= 11 is 0. The van der Waals surface area contributed by atoms with Gasteiger partial charge in [-0.25, -0.2) is 0 Å². The van der Waals surface area contributed by atoms with Crippen molar-refractivity contribution in [2.45, 2.75) is 32.6 Å². The van der Waals surface area contributed by atoms with Gasteiger partial charge in [-0.05, 0) is 31.5 Å². The standard InChI is InChI=1S/C15H21N3O3S/c1-12-9-18(10-13(2)21-12)22(19,20)17(3)11-15-6-4-5-14(7-15)8-16/h4-7,12-13H,9-11H2,1-3H3/t12-,13-/m0/s1. The number of nitrogens with zero attached hydrogens (tertiary/aromatic N) is 3. The lowest BCUT2D eigenvalue weighted by Gasteiger charge is -2.36. The molecule has 120 valence electrons. The van der Waals surface area contributed by atoms with Crippen LogP contribution in [0.25, 0.3) is 0 Å². The van der Waals surface area contributed by atoms with Crippen molar-refractivity contribution in [1.29, 1.82) is 5.26 Å². The first-order valence-corrected chi connectivity index (χ1v) is 8.58. The van der Waals surface area contributed by atoms with Crippen molar-refractivity contribution in [1.82, 2.24) is 8.61 Å². The van der Waals surface area contributed by atoms with Gasteiger partial charge in [-0.1, -0.05) is 12.1 Å². The molecule has 0 aromatic heterocycles. The molecule has 1 saturated heterocycles. The van der Waals surface area contributed by atoms with Gasteiger partial charge in [0.05, 0.1) is 23.8 Å². The van der Waals surface area contributed by atoms with Crippen LogP contribution in [0, 0.1) is 11.3 Å². The van der Waals surface area contributed by atoms with Crippen molar-refractivity contribution in [3.05, 3.63) is 35.4 Å². The van der Waals surface area contributed by atoms with Crippen LogP contribution < -0.4 is 0 Å². The van der Waals surface area contributed by atoms with Crippen molar-refractivity contribution in [3.63, 3.8) is 0 Å².